The molecule has 0 N–H and O–H groups in total. The highest BCUT2D eigenvalue weighted by atomic mass is 32.3. The molecule has 92 valence electrons. The molecule has 3 aromatic rings. The first kappa shape index (κ1) is 11.6. The third-order valence-corrected chi connectivity index (χ3v) is 5.08. The van der Waals surface area contributed by atoms with Crippen molar-refractivity contribution in [3.63, 3.8) is 0 Å². The highest BCUT2D eigenvalue weighted by Crippen LogP contribution is 2.49. The third-order valence-electron chi connectivity index (χ3n) is 3.41. The minimum atomic E-state index is -0.698. The summed E-state index contributed by atoms with van der Waals surface area (Å²) in [5.74, 6) is 0. The van der Waals surface area contributed by atoms with Crippen molar-refractivity contribution in [1.29, 1.82) is 0 Å². The van der Waals surface area contributed by atoms with Crippen molar-refractivity contribution in [2.24, 2.45) is 0 Å². The van der Waals surface area contributed by atoms with E-state index in [1.54, 1.807) is 0 Å². The van der Waals surface area contributed by atoms with E-state index >= 15 is 0 Å². The lowest BCUT2D eigenvalue weighted by Crippen LogP contribution is -1.94. The molecule has 0 amide bonds. The van der Waals surface area contributed by atoms with Crippen LogP contribution in [0.4, 0.5) is 0 Å². The summed E-state index contributed by atoms with van der Waals surface area (Å²) < 4.78 is 0. The Morgan fingerprint density at radius 2 is 1.33 bits per heavy atom. The molecule has 0 bridgehead atoms. The summed E-state index contributed by atoms with van der Waals surface area (Å²) in [6.07, 6.45) is 7.07. The maximum absolute atomic E-state index is 2.36. The number of fused-ring (bicyclic) bond motifs is 3. The molecule has 1 heteroatoms. The van der Waals surface area contributed by atoms with Crippen molar-refractivity contribution in [3.8, 4) is 0 Å². The van der Waals surface area contributed by atoms with Crippen LogP contribution in [0.5, 0.6) is 0 Å². The SMILES string of the molecule is CS(C)(C)c1cccc2c1ccc1ccccc12. The van der Waals surface area contributed by atoms with Crippen LogP contribution in [0.15, 0.2) is 59.5 Å². The Kier molecular flexibility index (Phi) is 2.60. The molecule has 0 saturated heterocycles. The average Bonchev–Trinajstić information content (AvgIpc) is 2.36. The van der Waals surface area contributed by atoms with Crippen LogP contribution >= 0.6 is 10.0 Å². The maximum atomic E-state index is 2.36. The van der Waals surface area contributed by atoms with Gasteiger partial charge in [0.15, 0.2) is 0 Å². The molecule has 0 spiro atoms. The number of rotatable bonds is 1. The molecule has 0 heterocycles. The fraction of sp³-hybridized carbons (Fsp3) is 0.176. The van der Waals surface area contributed by atoms with Gasteiger partial charge in [-0.15, -0.1) is 0 Å². The molecule has 0 radical (unpaired) electrons. The zero-order chi connectivity index (χ0) is 12.8. The van der Waals surface area contributed by atoms with E-state index < -0.39 is 10.0 Å². The number of hydrogen-bond donors (Lipinski definition) is 0. The zero-order valence-electron chi connectivity index (χ0n) is 11.1. The van der Waals surface area contributed by atoms with Gasteiger partial charge in [0, 0.05) is 0 Å². The van der Waals surface area contributed by atoms with Crippen molar-refractivity contribution < 1.29 is 0 Å². The van der Waals surface area contributed by atoms with Gasteiger partial charge in [-0.05, 0) is 51.3 Å². The predicted octanol–water partition coefficient (Wildman–Crippen LogP) is 5.05. The van der Waals surface area contributed by atoms with Gasteiger partial charge in [-0.1, -0.05) is 48.5 Å². The topological polar surface area (TPSA) is 0 Å². The lowest BCUT2D eigenvalue weighted by Gasteiger charge is -2.27. The molecule has 0 nitrogen and oxygen atoms in total. The molecule has 0 aromatic heterocycles. The molecule has 0 aliphatic heterocycles. The highest BCUT2D eigenvalue weighted by Gasteiger charge is 2.12. The van der Waals surface area contributed by atoms with Gasteiger partial charge < -0.3 is 0 Å². The summed E-state index contributed by atoms with van der Waals surface area (Å²) in [6, 6.07) is 19.9. The Morgan fingerprint density at radius 3 is 2.11 bits per heavy atom. The molecule has 18 heavy (non-hydrogen) atoms. The second-order valence-corrected chi connectivity index (χ2v) is 9.59. The second kappa shape index (κ2) is 4.03. The minimum Gasteiger partial charge on any atom is -0.223 e. The molecule has 0 aliphatic rings. The van der Waals surface area contributed by atoms with E-state index in [0.717, 1.165) is 0 Å². The molecule has 0 fully saturated rings. The van der Waals surface area contributed by atoms with Crippen molar-refractivity contribution in [2.75, 3.05) is 18.8 Å². The average molecular weight is 254 g/mol. The van der Waals surface area contributed by atoms with Crippen LogP contribution in [-0.4, -0.2) is 18.8 Å². The first-order chi connectivity index (χ1) is 8.57. The Morgan fingerprint density at radius 1 is 0.611 bits per heavy atom. The Labute approximate surface area is 110 Å². The van der Waals surface area contributed by atoms with Gasteiger partial charge in [0.25, 0.3) is 0 Å². The standard InChI is InChI=1S/C17H18S/c1-18(2,3)17-10-6-9-15-14-8-5-4-7-13(14)11-12-16(15)17/h4-12H,1-3H3. The molecule has 3 aromatic carbocycles. The minimum absolute atomic E-state index is 0.698. The molecule has 0 unspecified atom stereocenters. The summed E-state index contributed by atoms with van der Waals surface area (Å²) in [4.78, 5) is 1.51. The largest absolute Gasteiger partial charge is 0.223 e. The summed E-state index contributed by atoms with van der Waals surface area (Å²) in [6.45, 7) is 0. The summed E-state index contributed by atoms with van der Waals surface area (Å²) >= 11 is 0. The van der Waals surface area contributed by atoms with Crippen LogP contribution in [0.1, 0.15) is 0 Å². The lowest BCUT2D eigenvalue weighted by molar-refractivity contribution is 1.52. The van der Waals surface area contributed by atoms with E-state index in [0.29, 0.717) is 0 Å². The second-order valence-electron chi connectivity index (χ2n) is 5.48. The number of benzene rings is 3. The third kappa shape index (κ3) is 1.79. The van der Waals surface area contributed by atoms with Crippen molar-refractivity contribution in [2.45, 2.75) is 4.90 Å². The van der Waals surface area contributed by atoms with Crippen molar-refractivity contribution in [1.82, 2.24) is 0 Å². The maximum Gasteiger partial charge on any atom is -0.00272 e. The van der Waals surface area contributed by atoms with E-state index in [9.17, 15) is 0 Å². The van der Waals surface area contributed by atoms with Gasteiger partial charge in [0.2, 0.25) is 0 Å². The van der Waals surface area contributed by atoms with Crippen LogP contribution in [0.25, 0.3) is 21.5 Å². The smallest absolute Gasteiger partial charge is 0.00272 e. The van der Waals surface area contributed by atoms with Gasteiger partial charge in [0.1, 0.15) is 0 Å². The molecule has 0 aliphatic carbocycles. The van der Waals surface area contributed by atoms with Gasteiger partial charge >= 0.3 is 0 Å². The van der Waals surface area contributed by atoms with E-state index in [-0.39, 0.29) is 0 Å². The van der Waals surface area contributed by atoms with Gasteiger partial charge in [-0.3, -0.25) is 0 Å². The summed E-state index contributed by atoms with van der Waals surface area (Å²) in [5.41, 5.74) is 0. The zero-order valence-corrected chi connectivity index (χ0v) is 11.9. The molecular weight excluding hydrogens is 236 g/mol. The highest BCUT2D eigenvalue weighted by molar-refractivity contribution is 8.32. The van der Waals surface area contributed by atoms with Crippen LogP contribution in [0.2, 0.25) is 0 Å². The Balaban J connectivity index is 2.48. The summed E-state index contributed by atoms with van der Waals surface area (Å²) in [7, 11) is -0.698. The Bertz CT molecular complexity index is 720. The molecular formula is C17H18S. The number of hydrogen-bond acceptors (Lipinski definition) is 0. The fourth-order valence-electron chi connectivity index (χ4n) is 2.55. The van der Waals surface area contributed by atoms with Crippen molar-refractivity contribution >= 4 is 31.6 Å². The first-order valence-corrected chi connectivity index (χ1v) is 9.02. The van der Waals surface area contributed by atoms with Crippen LogP contribution in [0, 0.1) is 0 Å². The lowest BCUT2D eigenvalue weighted by atomic mass is 10.0. The fourth-order valence-corrected chi connectivity index (χ4v) is 3.87. The summed E-state index contributed by atoms with van der Waals surface area (Å²) in [5, 5.41) is 5.48. The predicted molar refractivity (Wildman–Crippen MR) is 85.1 cm³/mol. The van der Waals surface area contributed by atoms with Crippen molar-refractivity contribution in [3.05, 3.63) is 54.6 Å². The van der Waals surface area contributed by atoms with E-state index in [4.69, 9.17) is 0 Å². The monoisotopic (exact) mass is 254 g/mol. The van der Waals surface area contributed by atoms with E-state index in [1.165, 1.54) is 26.4 Å². The van der Waals surface area contributed by atoms with Crippen LogP contribution in [0.3, 0.4) is 0 Å². The van der Waals surface area contributed by atoms with Gasteiger partial charge in [-0.25, -0.2) is 10.0 Å². The molecule has 3 rings (SSSR count). The van der Waals surface area contributed by atoms with Gasteiger partial charge in [-0.2, -0.15) is 0 Å². The molecule has 0 atom stereocenters. The van der Waals surface area contributed by atoms with E-state index in [1.807, 2.05) is 0 Å². The van der Waals surface area contributed by atoms with Crippen LogP contribution < -0.4 is 0 Å². The van der Waals surface area contributed by atoms with E-state index in [2.05, 4.69) is 73.4 Å². The molecule has 0 saturated carbocycles. The first-order valence-electron chi connectivity index (χ1n) is 6.16. The Hall–Kier alpha value is -1.47. The van der Waals surface area contributed by atoms with Gasteiger partial charge in [0.05, 0.1) is 0 Å². The normalized spacial score (nSPS) is 13.1. The quantitative estimate of drug-likeness (QED) is 0.533. The van der Waals surface area contributed by atoms with Crippen LogP contribution in [-0.2, 0) is 0 Å².